The molecule has 0 atom stereocenters. The molecule has 0 aromatic heterocycles. The minimum absolute atomic E-state index is 0.571. The molecule has 27 heavy (non-hydrogen) atoms. The van der Waals surface area contributed by atoms with Crippen molar-refractivity contribution >= 4 is 0 Å². The summed E-state index contributed by atoms with van der Waals surface area (Å²) >= 11 is 0. The summed E-state index contributed by atoms with van der Waals surface area (Å²) < 4.78 is 24.3. The van der Waals surface area contributed by atoms with Crippen LogP contribution < -0.4 is 0 Å². The Morgan fingerprint density at radius 2 is 1.15 bits per heavy atom. The first-order valence-corrected chi connectivity index (χ1v) is 12.2. The van der Waals surface area contributed by atoms with Crippen molar-refractivity contribution in [3.8, 4) is 0 Å². The number of hydrogen-bond donors (Lipinski definition) is 0. The molecule has 0 aromatic rings. The Kier molecular flexibility index (Phi) is 11.6. The first-order valence-electron chi connectivity index (χ1n) is 12.2. The summed E-state index contributed by atoms with van der Waals surface area (Å²) in [6.45, 7) is 2.29. The normalized spacial score (nSPS) is 28.9. The summed E-state index contributed by atoms with van der Waals surface area (Å²) in [5, 5.41) is 0. The lowest BCUT2D eigenvalue weighted by molar-refractivity contribution is 0.140. The smallest absolute Gasteiger partial charge is 0.174 e. The molecule has 2 aliphatic carbocycles. The standard InChI is InChI=1S/C25H44F2/c1-2-3-4-5-6-7-8-10-21-13-17-23(18-14-21)24-19-15-22(16-20-24)11-9-12-25(26)27/h12,21-24H,2-11,13-20H2,1H3/t21-,22-,23-,24-. The number of hydrogen-bond acceptors (Lipinski definition) is 0. The lowest BCUT2D eigenvalue weighted by Gasteiger charge is -2.38. The molecule has 2 aliphatic rings. The second-order valence-corrected chi connectivity index (χ2v) is 9.54. The van der Waals surface area contributed by atoms with Gasteiger partial charge in [-0.25, -0.2) is 0 Å². The predicted molar refractivity (Wildman–Crippen MR) is 113 cm³/mol. The fourth-order valence-corrected chi connectivity index (χ4v) is 5.71. The molecule has 0 nitrogen and oxygen atoms in total. The highest BCUT2D eigenvalue weighted by atomic mass is 19.3. The topological polar surface area (TPSA) is 0 Å². The van der Waals surface area contributed by atoms with Gasteiger partial charge in [-0.15, -0.1) is 0 Å². The van der Waals surface area contributed by atoms with Gasteiger partial charge in [-0.1, -0.05) is 84.0 Å². The largest absolute Gasteiger partial charge is 0.266 e. The zero-order valence-electron chi connectivity index (χ0n) is 17.9. The van der Waals surface area contributed by atoms with E-state index < -0.39 is 6.08 Å². The highest BCUT2D eigenvalue weighted by molar-refractivity contribution is 4.85. The Bertz CT molecular complexity index is 383. The summed E-state index contributed by atoms with van der Waals surface area (Å²) in [5.41, 5.74) is 0. The third-order valence-electron chi connectivity index (χ3n) is 7.54. The van der Waals surface area contributed by atoms with E-state index in [0.717, 1.165) is 30.3 Å². The fraction of sp³-hybridized carbons (Fsp3) is 0.920. The van der Waals surface area contributed by atoms with Crippen LogP contribution >= 0.6 is 0 Å². The van der Waals surface area contributed by atoms with E-state index in [1.165, 1.54) is 103 Å². The third kappa shape index (κ3) is 9.57. The van der Waals surface area contributed by atoms with Gasteiger partial charge in [0.05, 0.1) is 0 Å². The molecule has 0 spiro atoms. The summed E-state index contributed by atoms with van der Waals surface area (Å²) in [4.78, 5) is 0. The molecule has 2 rings (SSSR count). The average molecular weight is 383 g/mol. The summed E-state index contributed by atoms with van der Waals surface area (Å²) in [6, 6.07) is 0. The molecule has 0 unspecified atom stereocenters. The number of allylic oxidation sites excluding steroid dienone is 1. The zero-order valence-corrected chi connectivity index (χ0v) is 17.9. The highest BCUT2D eigenvalue weighted by Crippen LogP contribution is 2.43. The molecule has 2 heteroatoms. The van der Waals surface area contributed by atoms with E-state index in [1.54, 1.807) is 0 Å². The molecule has 2 fully saturated rings. The number of halogens is 2. The van der Waals surface area contributed by atoms with Crippen molar-refractivity contribution in [2.75, 3.05) is 0 Å². The second kappa shape index (κ2) is 13.7. The monoisotopic (exact) mass is 382 g/mol. The molecule has 0 aliphatic heterocycles. The van der Waals surface area contributed by atoms with Gasteiger partial charge in [0.1, 0.15) is 0 Å². The van der Waals surface area contributed by atoms with E-state index in [4.69, 9.17) is 0 Å². The molecule has 0 saturated heterocycles. The SMILES string of the molecule is CCCCCCCCC[C@H]1CC[C@H]([C@H]2CC[C@H](CCC=C(F)F)CC2)CC1. The van der Waals surface area contributed by atoms with E-state index in [1.807, 2.05) is 0 Å². The van der Waals surface area contributed by atoms with Gasteiger partial charge in [0.15, 0.2) is 0 Å². The summed E-state index contributed by atoms with van der Waals surface area (Å²) in [6.07, 6.45) is 23.8. The lowest BCUT2D eigenvalue weighted by Crippen LogP contribution is -2.25. The van der Waals surface area contributed by atoms with E-state index in [-0.39, 0.29) is 0 Å². The molecule has 158 valence electrons. The first-order chi connectivity index (χ1) is 13.2. The van der Waals surface area contributed by atoms with Crippen molar-refractivity contribution in [3.05, 3.63) is 12.2 Å². The van der Waals surface area contributed by atoms with Crippen LogP contribution in [0.4, 0.5) is 8.78 Å². The van der Waals surface area contributed by atoms with Gasteiger partial charge in [-0.05, 0) is 68.3 Å². The van der Waals surface area contributed by atoms with E-state index in [2.05, 4.69) is 6.92 Å². The van der Waals surface area contributed by atoms with E-state index >= 15 is 0 Å². The Hall–Kier alpha value is -0.400. The average Bonchev–Trinajstić information content (AvgIpc) is 2.68. The molecule has 0 heterocycles. The van der Waals surface area contributed by atoms with Gasteiger partial charge in [0.25, 0.3) is 6.08 Å². The number of rotatable bonds is 12. The lowest BCUT2D eigenvalue weighted by atomic mass is 9.68. The van der Waals surface area contributed by atoms with Crippen LogP contribution in [0.5, 0.6) is 0 Å². The third-order valence-corrected chi connectivity index (χ3v) is 7.54. The van der Waals surface area contributed by atoms with Gasteiger partial charge in [0.2, 0.25) is 0 Å². The maximum Gasteiger partial charge on any atom is 0.266 e. The molecular formula is C25H44F2. The molecule has 0 bridgehead atoms. The van der Waals surface area contributed by atoms with Crippen LogP contribution in [0.2, 0.25) is 0 Å². The van der Waals surface area contributed by atoms with Gasteiger partial charge < -0.3 is 0 Å². The second-order valence-electron chi connectivity index (χ2n) is 9.54. The molecule has 0 radical (unpaired) electrons. The van der Waals surface area contributed by atoms with E-state index in [0.29, 0.717) is 12.3 Å². The van der Waals surface area contributed by atoms with Crippen LogP contribution in [-0.4, -0.2) is 0 Å². The maximum absolute atomic E-state index is 12.1. The fourth-order valence-electron chi connectivity index (χ4n) is 5.71. The molecule has 2 saturated carbocycles. The molecule has 0 N–H and O–H groups in total. The maximum atomic E-state index is 12.1. The molecular weight excluding hydrogens is 338 g/mol. The van der Waals surface area contributed by atoms with Gasteiger partial charge in [-0.2, -0.15) is 8.78 Å². The van der Waals surface area contributed by atoms with Crippen molar-refractivity contribution in [2.24, 2.45) is 23.7 Å². The Morgan fingerprint density at radius 3 is 1.67 bits per heavy atom. The van der Waals surface area contributed by atoms with Gasteiger partial charge in [-0.3, -0.25) is 0 Å². The van der Waals surface area contributed by atoms with Crippen LogP contribution in [-0.2, 0) is 0 Å². The van der Waals surface area contributed by atoms with Crippen molar-refractivity contribution in [2.45, 2.75) is 122 Å². The Labute approximate surface area is 167 Å². The summed E-state index contributed by atoms with van der Waals surface area (Å²) in [7, 11) is 0. The number of unbranched alkanes of at least 4 members (excludes halogenated alkanes) is 6. The van der Waals surface area contributed by atoms with Crippen molar-refractivity contribution in [3.63, 3.8) is 0 Å². The Balaban J connectivity index is 1.50. The molecule has 0 amide bonds. The predicted octanol–water partition coefficient (Wildman–Crippen LogP) is 9.30. The van der Waals surface area contributed by atoms with Crippen LogP contribution in [0.25, 0.3) is 0 Å². The minimum atomic E-state index is -1.50. The van der Waals surface area contributed by atoms with Crippen molar-refractivity contribution in [1.29, 1.82) is 0 Å². The summed E-state index contributed by atoms with van der Waals surface area (Å²) in [5.74, 6) is 3.62. The Morgan fingerprint density at radius 1 is 0.667 bits per heavy atom. The van der Waals surface area contributed by atoms with Gasteiger partial charge >= 0.3 is 0 Å². The van der Waals surface area contributed by atoms with Crippen LogP contribution in [0, 0.1) is 23.7 Å². The van der Waals surface area contributed by atoms with Crippen LogP contribution in [0.15, 0.2) is 12.2 Å². The van der Waals surface area contributed by atoms with Gasteiger partial charge in [0, 0.05) is 0 Å². The minimum Gasteiger partial charge on any atom is -0.174 e. The van der Waals surface area contributed by atoms with E-state index in [9.17, 15) is 8.78 Å². The first kappa shape index (κ1) is 22.9. The van der Waals surface area contributed by atoms with Crippen LogP contribution in [0.3, 0.4) is 0 Å². The molecule has 0 aromatic carbocycles. The quantitative estimate of drug-likeness (QED) is 0.295. The van der Waals surface area contributed by atoms with Crippen molar-refractivity contribution in [1.82, 2.24) is 0 Å². The highest BCUT2D eigenvalue weighted by Gasteiger charge is 2.30. The zero-order chi connectivity index (χ0) is 19.3. The van der Waals surface area contributed by atoms with Crippen LogP contribution in [0.1, 0.15) is 122 Å². The van der Waals surface area contributed by atoms with Crippen molar-refractivity contribution < 1.29 is 8.78 Å².